The van der Waals surface area contributed by atoms with Gasteiger partial charge in [-0.25, -0.2) is 4.79 Å². The van der Waals surface area contributed by atoms with Gasteiger partial charge in [-0.05, 0) is 69.5 Å². The van der Waals surface area contributed by atoms with Crippen LogP contribution in [0, 0.1) is 6.92 Å². The average Bonchev–Trinajstić information content (AvgIpc) is 3.44. The second kappa shape index (κ2) is 13.1. The van der Waals surface area contributed by atoms with Gasteiger partial charge >= 0.3 is 11.9 Å². The Bertz CT molecular complexity index is 1480. The molecule has 41 heavy (non-hydrogen) atoms. The summed E-state index contributed by atoms with van der Waals surface area (Å²) < 4.78 is 23.1. The number of ether oxygens (including phenoxy) is 4. The number of nitrogens with one attached hydrogen (secondary N) is 1. The van der Waals surface area contributed by atoms with Crippen LogP contribution < -0.4 is 9.47 Å². The van der Waals surface area contributed by atoms with Gasteiger partial charge in [0.2, 0.25) is 0 Å². The van der Waals surface area contributed by atoms with Gasteiger partial charge in [0.25, 0.3) is 0 Å². The average molecular weight is 558 g/mol. The Morgan fingerprint density at radius 3 is 2.54 bits per heavy atom. The summed E-state index contributed by atoms with van der Waals surface area (Å²) in [7, 11) is 1.31. The molecule has 2 aromatic carbocycles. The zero-order valence-corrected chi connectivity index (χ0v) is 24.0. The number of rotatable bonds is 11. The number of methoxy groups -OCH3 is 1. The first kappa shape index (κ1) is 29.3. The largest absolute Gasteiger partial charge is 0.489 e. The van der Waals surface area contributed by atoms with Crippen molar-refractivity contribution in [1.29, 1.82) is 0 Å². The van der Waals surface area contributed by atoms with E-state index in [1.54, 1.807) is 24.5 Å². The van der Waals surface area contributed by atoms with Gasteiger partial charge in [0, 0.05) is 36.0 Å². The van der Waals surface area contributed by atoms with E-state index in [2.05, 4.69) is 15.2 Å². The number of H-pyrrole nitrogens is 1. The first-order chi connectivity index (χ1) is 19.6. The molecule has 0 fully saturated rings. The first-order valence-corrected chi connectivity index (χ1v) is 13.4. The summed E-state index contributed by atoms with van der Waals surface area (Å²) >= 11 is 0. The van der Waals surface area contributed by atoms with E-state index in [4.69, 9.17) is 18.9 Å². The van der Waals surface area contributed by atoms with Crippen LogP contribution in [0.15, 0.2) is 73.1 Å². The molecule has 2 aromatic heterocycles. The molecule has 0 unspecified atom stereocenters. The molecule has 0 amide bonds. The van der Waals surface area contributed by atoms with Crippen molar-refractivity contribution in [3.8, 4) is 22.8 Å². The van der Waals surface area contributed by atoms with Crippen LogP contribution in [-0.4, -0.2) is 39.8 Å². The van der Waals surface area contributed by atoms with Crippen molar-refractivity contribution < 1.29 is 28.5 Å². The fourth-order valence-corrected chi connectivity index (χ4v) is 4.25. The standard InChI is InChI=1S/C32H35N3O6/c1-21-9-6-7-11-24(21)28(14-15-30(36)41-32(2,3)4)40-29-17-23(39-20-22-10-8-16-33-19-22)12-13-25(29)26-18-27(35-34-26)31(37)38-5/h6-13,16-19,28H,14-15,20H2,1-5H3,(H,34,35)/t28-/m1/s1. The molecule has 0 spiro atoms. The van der Waals surface area contributed by atoms with E-state index < -0.39 is 17.7 Å². The van der Waals surface area contributed by atoms with Crippen LogP contribution in [0.5, 0.6) is 11.5 Å². The summed E-state index contributed by atoms with van der Waals surface area (Å²) in [6.07, 6.45) is 3.52. The molecule has 1 N–H and O–H groups in total. The van der Waals surface area contributed by atoms with Gasteiger partial charge < -0.3 is 18.9 Å². The van der Waals surface area contributed by atoms with Crippen LogP contribution in [0.4, 0.5) is 0 Å². The third kappa shape index (κ3) is 8.17. The number of carbonyl (C=O) groups excluding carboxylic acids is 2. The van der Waals surface area contributed by atoms with E-state index in [1.165, 1.54) is 7.11 Å². The quantitative estimate of drug-likeness (QED) is 0.211. The Morgan fingerprint density at radius 1 is 1.02 bits per heavy atom. The predicted molar refractivity (Wildman–Crippen MR) is 154 cm³/mol. The van der Waals surface area contributed by atoms with Crippen molar-refractivity contribution in [1.82, 2.24) is 15.2 Å². The first-order valence-electron chi connectivity index (χ1n) is 13.4. The number of hydrogen-bond donors (Lipinski definition) is 1. The lowest BCUT2D eigenvalue weighted by Gasteiger charge is -2.24. The second-order valence-corrected chi connectivity index (χ2v) is 10.6. The van der Waals surface area contributed by atoms with E-state index >= 15 is 0 Å². The summed E-state index contributed by atoms with van der Waals surface area (Å²) in [5, 5.41) is 7.04. The maximum Gasteiger partial charge on any atom is 0.356 e. The van der Waals surface area contributed by atoms with Gasteiger partial charge in [0.1, 0.15) is 35.5 Å². The molecule has 0 saturated carbocycles. The molecule has 0 aliphatic carbocycles. The van der Waals surface area contributed by atoms with Crippen LogP contribution in [0.1, 0.15) is 66.9 Å². The minimum Gasteiger partial charge on any atom is -0.489 e. The number of carbonyl (C=O) groups is 2. The Balaban J connectivity index is 1.68. The number of aromatic nitrogens is 3. The maximum atomic E-state index is 12.6. The monoisotopic (exact) mass is 557 g/mol. The number of benzene rings is 2. The molecule has 0 radical (unpaired) electrons. The van der Waals surface area contributed by atoms with Gasteiger partial charge in [-0.3, -0.25) is 14.9 Å². The molecule has 9 nitrogen and oxygen atoms in total. The number of esters is 2. The van der Waals surface area contributed by atoms with Crippen LogP contribution in [0.3, 0.4) is 0 Å². The summed E-state index contributed by atoms with van der Waals surface area (Å²) in [5.41, 5.74) is 3.66. The van der Waals surface area contributed by atoms with Crippen molar-refractivity contribution in [2.24, 2.45) is 0 Å². The van der Waals surface area contributed by atoms with Crippen molar-refractivity contribution in [3.63, 3.8) is 0 Å². The summed E-state index contributed by atoms with van der Waals surface area (Å²) in [6.45, 7) is 7.85. The fourth-order valence-electron chi connectivity index (χ4n) is 4.25. The third-order valence-electron chi connectivity index (χ3n) is 6.18. The van der Waals surface area contributed by atoms with Crippen LogP contribution in [0.25, 0.3) is 11.3 Å². The lowest BCUT2D eigenvalue weighted by molar-refractivity contribution is -0.155. The van der Waals surface area contributed by atoms with Crippen molar-refractivity contribution >= 4 is 11.9 Å². The summed E-state index contributed by atoms with van der Waals surface area (Å²) in [5.74, 6) is 0.224. The Kier molecular flexibility index (Phi) is 9.39. The highest BCUT2D eigenvalue weighted by Gasteiger charge is 2.23. The number of hydrogen-bond acceptors (Lipinski definition) is 8. The number of pyridine rings is 1. The summed E-state index contributed by atoms with van der Waals surface area (Å²) in [6, 6.07) is 18.7. The zero-order chi connectivity index (χ0) is 29.4. The van der Waals surface area contributed by atoms with Crippen molar-refractivity contribution in [2.45, 2.75) is 58.8 Å². The highest BCUT2D eigenvalue weighted by Crippen LogP contribution is 2.38. The van der Waals surface area contributed by atoms with Gasteiger partial charge in [0.05, 0.1) is 12.8 Å². The number of aromatic amines is 1. The SMILES string of the molecule is COC(=O)c1cc(-c2ccc(OCc3cccnc3)cc2O[C@H](CCC(=O)OC(C)(C)C)c2ccccc2C)n[nH]1. The smallest absolute Gasteiger partial charge is 0.356 e. The highest BCUT2D eigenvalue weighted by atomic mass is 16.6. The maximum absolute atomic E-state index is 12.6. The van der Waals surface area contributed by atoms with E-state index in [1.807, 2.05) is 76.2 Å². The Morgan fingerprint density at radius 2 is 1.83 bits per heavy atom. The normalized spacial score (nSPS) is 11.9. The molecule has 0 aliphatic heterocycles. The Hall–Kier alpha value is -4.66. The second-order valence-electron chi connectivity index (χ2n) is 10.6. The van der Waals surface area contributed by atoms with Gasteiger partial charge in [-0.1, -0.05) is 30.3 Å². The third-order valence-corrected chi connectivity index (χ3v) is 6.18. The van der Waals surface area contributed by atoms with Gasteiger partial charge in [-0.15, -0.1) is 0 Å². The van der Waals surface area contributed by atoms with Gasteiger partial charge in [-0.2, -0.15) is 5.10 Å². The van der Waals surface area contributed by atoms with Crippen LogP contribution in [-0.2, 0) is 20.9 Å². The van der Waals surface area contributed by atoms with Crippen molar-refractivity contribution in [3.05, 3.63) is 95.4 Å². The topological polar surface area (TPSA) is 113 Å². The highest BCUT2D eigenvalue weighted by molar-refractivity contribution is 5.88. The molecule has 0 saturated heterocycles. The fraction of sp³-hybridized carbons (Fsp3) is 0.312. The molecule has 9 heteroatoms. The number of aryl methyl sites for hydroxylation is 1. The molecule has 4 rings (SSSR count). The Labute approximate surface area is 239 Å². The van der Waals surface area contributed by atoms with E-state index in [9.17, 15) is 9.59 Å². The van der Waals surface area contributed by atoms with E-state index in [-0.39, 0.29) is 18.1 Å². The lowest BCUT2D eigenvalue weighted by Crippen LogP contribution is -2.24. The molecular formula is C32H35N3O6. The molecule has 214 valence electrons. The van der Waals surface area contributed by atoms with Crippen molar-refractivity contribution in [2.75, 3.05) is 7.11 Å². The van der Waals surface area contributed by atoms with E-state index in [0.717, 1.165) is 16.7 Å². The van der Waals surface area contributed by atoms with E-state index in [0.29, 0.717) is 35.8 Å². The lowest BCUT2D eigenvalue weighted by atomic mass is 9.99. The molecule has 0 aliphatic rings. The predicted octanol–water partition coefficient (Wildman–Crippen LogP) is 6.39. The van der Waals surface area contributed by atoms with Crippen LogP contribution >= 0.6 is 0 Å². The minimum absolute atomic E-state index is 0.164. The van der Waals surface area contributed by atoms with Gasteiger partial charge in [0.15, 0.2) is 0 Å². The molecule has 2 heterocycles. The summed E-state index contributed by atoms with van der Waals surface area (Å²) in [4.78, 5) is 28.8. The molecular weight excluding hydrogens is 522 g/mol. The minimum atomic E-state index is -0.583. The molecule has 4 aromatic rings. The molecule has 1 atom stereocenters. The number of nitrogens with zero attached hydrogens (tertiary/aromatic N) is 2. The van der Waals surface area contributed by atoms with Crippen LogP contribution in [0.2, 0.25) is 0 Å². The zero-order valence-electron chi connectivity index (χ0n) is 24.0. The molecule has 0 bridgehead atoms.